The summed E-state index contributed by atoms with van der Waals surface area (Å²) in [5, 5.41) is 10.3. The molecular formula is C22H40Cl2N2O2. The fourth-order valence-corrected chi connectivity index (χ4v) is 4.00. The molecule has 1 aromatic carbocycles. The van der Waals surface area contributed by atoms with E-state index in [0.717, 1.165) is 38.3 Å². The van der Waals surface area contributed by atoms with Crippen LogP contribution >= 0.6 is 24.8 Å². The summed E-state index contributed by atoms with van der Waals surface area (Å²) >= 11 is 0. The number of aliphatic hydroxyl groups is 1. The Bertz CT molecular complexity index is 551. The Kier molecular flexibility index (Phi) is 11.4. The van der Waals surface area contributed by atoms with E-state index < -0.39 is 6.10 Å². The van der Waals surface area contributed by atoms with Gasteiger partial charge in [0.1, 0.15) is 18.5 Å². The third-order valence-electron chi connectivity index (χ3n) is 5.12. The van der Waals surface area contributed by atoms with Gasteiger partial charge >= 0.3 is 0 Å². The minimum atomic E-state index is -0.449. The van der Waals surface area contributed by atoms with Crippen LogP contribution < -0.4 is 4.74 Å². The third kappa shape index (κ3) is 9.32. The van der Waals surface area contributed by atoms with Gasteiger partial charge in [-0.25, -0.2) is 0 Å². The number of ether oxygens (including phenoxy) is 1. The lowest BCUT2D eigenvalue weighted by Crippen LogP contribution is -2.47. The minimum absolute atomic E-state index is 0. The highest BCUT2D eigenvalue weighted by molar-refractivity contribution is 5.85. The summed E-state index contributed by atoms with van der Waals surface area (Å²) in [6.45, 7) is 16.7. The topological polar surface area (TPSA) is 35.9 Å². The number of β-amino-alcohol motifs (C(OH)–C–C–N with tert-alkyl or cyclic N) is 1. The fourth-order valence-electron chi connectivity index (χ4n) is 4.00. The first-order valence-corrected chi connectivity index (χ1v) is 9.87. The van der Waals surface area contributed by atoms with E-state index in [1.54, 1.807) is 0 Å². The van der Waals surface area contributed by atoms with Crippen molar-refractivity contribution in [3.63, 3.8) is 0 Å². The zero-order valence-corrected chi connectivity index (χ0v) is 20.0. The molecule has 164 valence electrons. The molecule has 1 atom stereocenters. The number of nitrogens with zero attached hydrogens (tertiary/aromatic N) is 2. The SMILES string of the molecule is CN1CCN(CC(O)COc2ccc(C(C)(C)CC(C)(C)C)cc2)CC1.Cl.Cl. The molecule has 0 amide bonds. The van der Waals surface area contributed by atoms with Crippen LogP contribution in [0.25, 0.3) is 0 Å². The summed E-state index contributed by atoms with van der Waals surface area (Å²) in [5.74, 6) is 0.831. The highest BCUT2D eigenvalue weighted by Crippen LogP contribution is 2.36. The molecule has 1 fully saturated rings. The van der Waals surface area contributed by atoms with Crippen LogP contribution in [0.3, 0.4) is 0 Å². The van der Waals surface area contributed by atoms with Crippen molar-refractivity contribution in [1.29, 1.82) is 0 Å². The van der Waals surface area contributed by atoms with Crippen molar-refractivity contribution in [3.8, 4) is 5.75 Å². The Morgan fingerprint density at radius 2 is 1.50 bits per heavy atom. The van der Waals surface area contributed by atoms with Crippen molar-refractivity contribution in [1.82, 2.24) is 9.80 Å². The molecule has 0 saturated carbocycles. The molecule has 0 aromatic heterocycles. The lowest BCUT2D eigenvalue weighted by molar-refractivity contribution is 0.0504. The number of hydrogen-bond acceptors (Lipinski definition) is 4. The summed E-state index contributed by atoms with van der Waals surface area (Å²) in [5.41, 5.74) is 1.77. The van der Waals surface area contributed by atoms with E-state index in [0.29, 0.717) is 18.6 Å². The predicted octanol–water partition coefficient (Wildman–Crippen LogP) is 4.23. The van der Waals surface area contributed by atoms with Crippen molar-refractivity contribution >= 4 is 24.8 Å². The number of benzene rings is 1. The molecule has 1 saturated heterocycles. The molecular weight excluding hydrogens is 395 g/mol. The van der Waals surface area contributed by atoms with Gasteiger partial charge in [-0.1, -0.05) is 46.8 Å². The van der Waals surface area contributed by atoms with E-state index in [-0.39, 0.29) is 30.2 Å². The first kappa shape index (κ1) is 27.5. The molecule has 1 aromatic rings. The van der Waals surface area contributed by atoms with E-state index in [1.165, 1.54) is 5.56 Å². The van der Waals surface area contributed by atoms with Gasteiger partial charge < -0.3 is 14.7 Å². The number of halogens is 2. The van der Waals surface area contributed by atoms with Crippen molar-refractivity contribution in [2.24, 2.45) is 5.41 Å². The quantitative estimate of drug-likeness (QED) is 0.696. The van der Waals surface area contributed by atoms with Crippen LogP contribution in [0, 0.1) is 5.41 Å². The Balaban J connectivity index is 0.00000364. The minimum Gasteiger partial charge on any atom is -0.491 e. The van der Waals surface area contributed by atoms with Gasteiger partial charge in [0.25, 0.3) is 0 Å². The molecule has 0 bridgehead atoms. The van der Waals surface area contributed by atoms with E-state index in [4.69, 9.17) is 4.74 Å². The van der Waals surface area contributed by atoms with Crippen molar-refractivity contribution in [3.05, 3.63) is 29.8 Å². The van der Waals surface area contributed by atoms with E-state index in [1.807, 2.05) is 12.1 Å². The second-order valence-electron chi connectivity index (χ2n) is 9.71. The molecule has 6 heteroatoms. The molecule has 1 aliphatic rings. The molecule has 1 aliphatic heterocycles. The monoisotopic (exact) mass is 434 g/mol. The lowest BCUT2D eigenvalue weighted by atomic mass is 9.72. The fraction of sp³-hybridized carbons (Fsp3) is 0.727. The van der Waals surface area contributed by atoms with Gasteiger partial charge in [0, 0.05) is 32.7 Å². The first-order valence-electron chi connectivity index (χ1n) is 9.87. The molecule has 1 unspecified atom stereocenters. The van der Waals surface area contributed by atoms with Gasteiger partial charge in [-0.15, -0.1) is 24.8 Å². The van der Waals surface area contributed by atoms with Crippen LogP contribution in [-0.4, -0.2) is 67.4 Å². The standard InChI is InChI=1S/C22H38N2O2.2ClH/c1-21(2,3)17-22(4,5)18-7-9-20(10-8-18)26-16-19(25)15-24-13-11-23(6)12-14-24;;/h7-10,19,25H,11-17H2,1-6H3;2*1H. The van der Waals surface area contributed by atoms with Gasteiger partial charge in [-0.3, -0.25) is 4.90 Å². The van der Waals surface area contributed by atoms with Crippen LogP contribution in [0.1, 0.15) is 46.6 Å². The Labute approximate surface area is 184 Å². The molecule has 0 radical (unpaired) electrons. The average Bonchev–Trinajstić information content (AvgIpc) is 2.53. The maximum Gasteiger partial charge on any atom is 0.119 e. The van der Waals surface area contributed by atoms with Gasteiger partial charge in [0.05, 0.1) is 0 Å². The number of rotatable bonds is 7. The van der Waals surface area contributed by atoms with E-state index in [9.17, 15) is 5.11 Å². The number of piperazine rings is 1. The molecule has 0 aliphatic carbocycles. The summed E-state index contributed by atoms with van der Waals surface area (Å²) < 4.78 is 5.81. The summed E-state index contributed by atoms with van der Waals surface area (Å²) in [7, 11) is 2.14. The lowest BCUT2D eigenvalue weighted by Gasteiger charge is -2.33. The largest absolute Gasteiger partial charge is 0.491 e. The third-order valence-corrected chi connectivity index (χ3v) is 5.12. The second kappa shape index (κ2) is 11.6. The zero-order chi connectivity index (χ0) is 19.4. The van der Waals surface area contributed by atoms with Crippen LogP contribution in [-0.2, 0) is 5.41 Å². The average molecular weight is 435 g/mol. The Morgan fingerprint density at radius 3 is 2.00 bits per heavy atom. The van der Waals surface area contributed by atoms with Crippen molar-refractivity contribution in [2.75, 3.05) is 46.4 Å². The van der Waals surface area contributed by atoms with E-state index >= 15 is 0 Å². The normalized spacial score (nSPS) is 17.4. The van der Waals surface area contributed by atoms with Crippen molar-refractivity contribution in [2.45, 2.75) is 52.6 Å². The highest BCUT2D eigenvalue weighted by atomic mass is 35.5. The summed E-state index contributed by atoms with van der Waals surface area (Å²) in [6, 6.07) is 8.38. The molecule has 28 heavy (non-hydrogen) atoms. The van der Waals surface area contributed by atoms with Crippen LogP contribution in [0.2, 0.25) is 0 Å². The number of hydrogen-bond donors (Lipinski definition) is 1. The Hall–Kier alpha value is -0.520. The first-order chi connectivity index (χ1) is 12.0. The van der Waals surface area contributed by atoms with Crippen LogP contribution in [0.15, 0.2) is 24.3 Å². The van der Waals surface area contributed by atoms with Gasteiger partial charge in [-0.2, -0.15) is 0 Å². The van der Waals surface area contributed by atoms with Gasteiger partial charge in [0.2, 0.25) is 0 Å². The van der Waals surface area contributed by atoms with E-state index in [2.05, 4.69) is 63.6 Å². The van der Waals surface area contributed by atoms with Gasteiger partial charge in [-0.05, 0) is 42.0 Å². The molecule has 1 heterocycles. The van der Waals surface area contributed by atoms with Crippen molar-refractivity contribution < 1.29 is 9.84 Å². The number of likely N-dealkylation sites (N-methyl/N-ethyl adjacent to an activating group) is 1. The molecule has 2 rings (SSSR count). The van der Waals surface area contributed by atoms with Crippen LogP contribution in [0.5, 0.6) is 5.75 Å². The smallest absolute Gasteiger partial charge is 0.119 e. The number of aliphatic hydroxyl groups excluding tert-OH is 1. The van der Waals surface area contributed by atoms with Crippen LogP contribution in [0.4, 0.5) is 0 Å². The highest BCUT2D eigenvalue weighted by Gasteiger charge is 2.27. The molecule has 4 nitrogen and oxygen atoms in total. The Morgan fingerprint density at radius 1 is 0.964 bits per heavy atom. The maximum atomic E-state index is 10.3. The second-order valence-corrected chi connectivity index (χ2v) is 9.71. The van der Waals surface area contributed by atoms with Gasteiger partial charge in [0.15, 0.2) is 0 Å². The molecule has 0 spiro atoms. The predicted molar refractivity (Wildman–Crippen MR) is 123 cm³/mol. The molecule has 1 N–H and O–H groups in total. The summed E-state index contributed by atoms with van der Waals surface area (Å²) in [4.78, 5) is 4.63. The maximum absolute atomic E-state index is 10.3. The zero-order valence-electron chi connectivity index (χ0n) is 18.4. The summed E-state index contributed by atoms with van der Waals surface area (Å²) in [6.07, 6.45) is 0.680.